The Morgan fingerprint density at radius 1 is 1.06 bits per heavy atom. The maximum absolute atomic E-state index is 6.83. The van der Waals surface area contributed by atoms with Crippen molar-refractivity contribution in [2.45, 2.75) is 37.6 Å². The van der Waals surface area contributed by atoms with Crippen LogP contribution in [0.5, 0.6) is 11.5 Å². The van der Waals surface area contributed by atoms with Crippen molar-refractivity contribution in [2.24, 2.45) is 5.10 Å². The van der Waals surface area contributed by atoms with Crippen molar-refractivity contribution in [3.05, 3.63) is 82.0 Å². The van der Waals surface area contributed by atoms with E-state index in [9.17, 15) is 0 Å². The van der Waals surface area contributed by atoms with Gasteiger partial charge in [0.05, 0.1) is 23.7 Å². The maximum Gasteiger partial charge on any atom is 0.200 e. The first-order valence-electron chi connectivity index (χ1n) is 11.3. The molecule has 1 fully saturated rings. The summed E-state index contributed by atoms with van der Waals surface area (Å²) in [6.45, 7) is 2.93. The Hall–Kier alpha value is -2.83. The topological polar surface area (TPSA) is 37.3 Å². The maximum atomic E-state index is 6.83. The molecule has 1 unspecified atom stereocenters. The van der Waals surface area contributed by atoms with Crippen LogP contribution >= 0.6 is 11.3 Å². The second-order valence-electron chi connectivity index (χ2n) is 8.78. The van der Waals surface area contributed by atoms with Crippen LogP contribution in [0.3, 0.4) is 0 Å². The number of likely N-dealkylation sites (tertiary alicyclic amines) is 1. The van der Waals surface area contributed by atoms with Crippen molar-refractivity contribution < 1.29 is 9.47 Å². The predicted molar refractivity (Wildman–Crippen MR) is 127 cm³/mol. The van der Waals surface area contributed by atoms with Crippen LogP contribution in [0.25, 0.3) is 0 Å². The fourth-order valence-corrected chi connectivity index (χ4v) is 5.98. The highest BCUT2D eigenvalue weighted by Crippen LogP contribution is 2.52. The summed E-state index contributed by atoms with van der Waals surface area (Å²) < 4.78 is 12.5. The summed E-state index contributed by atoms with van der Waals surface area (Å²) in [4.78, 5) is 3.77. The quantitative estimate of drug-likeness (QED) is 0.547. The number of benzene rings is 2. The fourth-order valence-electron chi connectivity index (χ4n) is 5.25. The zero-order valence-corrected chi connectivity index (χ0v) is 19.1. The van der Waals surface area contributed by atoms with Crippen LogP contribution in [-0.4, -0.2) is 41.5 Å². The number of hydrogen-bond donors (Lipinski definition) is 0. The second-order valence-corrected chi connectivity index (χ2v) is 9.72. The fraction of sp³-hybridized carbons (Fsp3) is 0.346. The molecule has 6 heteroatoms. The third-order valence-corrected chi connectivity index (χ3v) is 7.82. The molecule has 3 aromatic rings. The predicted octanol–water partition coefficient (Wildman–Crippen LogP) is 5.29. The van der Waals surface area contributed by atoms with Crippen molar-refractivity contribution in [1.29, 1.82) is 0 Å². The van der Waals surface area contributed by atoms with Crippen molar-refractivity contribution >= 4 is 17.0 Å². The van der Waals surface area contributed by atoms with E-state index in [1.807, 2.05) is 6.07 Å². The first-order valence-corrected chi connectivity index (χ1v) is 12.2. The Bertz CT molecular complexity index is 1120. The molecule has 1 aromatic heterocycles. The zero-order chi connectivity index (χ0) is 21.5. The molecule has 164 valence electrons. The van der Waals surface area contributed by atoms with Crippen LogP contribution in [0.4, 0.5) is 0 Å². The molecular weight excluding hydrogens is 418 g/mol. The molecule has 0 aliphatic carbocycles. The van der Waals surface area contributed by atoms with E-state index in [-0.39, 0.29) is 6.04 Å². The Balaban J connectivity index is 1.32. The van der Waals surface area contributed by atoms with E-state index < -0.39 is 5.72 Å². The molecule has 0 saturated carbocycles. The van der Waals surface area contributed by atoms with Crippen molar-refractivity contribution in [1.82, 2.24) is 9.91 Å². The Morgan fingerprint density at radius 2 is 1.91 bits per heavy atom. The molecule has 0 amide bonds. The second kappa shape index (κ2) is 7.94. The van der Waals surface area contributed by atoms with Gasteiger partial charge in [-0.2, -0.15) is 5.10 Å². The highest BCUT2D eigenvalue weighted by Gasteiger charge is 2.52. The standard InChI is InChI=1S/C26H27N3O2S/c1-30-23-10-5-9-20-22-17-21(24-11-6-16-32-24)27-29(22)26(31-25(20)23)12-14-28(15-13-26)18-19-7-3-2-4-8-19/h2-11,16,22H,12-15,17-18H2,1H3. The highest BCUT2D eigenvalue weighted by molar-refractivity contribution is 7.12. The Labute approximate surface area is 192 Å². The molecule has 5 nitrogen and oxygen atoms in total. The summed E-state index contributed by atoms with van der Waals surface area (Å²) in [6.07, 6.45) is 2.73. The molecule has 0 N–H and O–H groups in total. The van der Waals surface area contributed by atoms with Crippen molar-refractivity contribution in [3.63, 3.8) is 0 Å². The van der Waals surface area contributed by atoms with Crippen molar-refractivity contribution in [3.8, 4) is 11.5 Å². The number of para-hydroxylation sites is 1. The molecule has 3 aliphatic rings. The molecule has 0 radical (unpaired) electrons. The van der Waals surface area contributed by atoms with E-state index in [1.54, 1.807) is 18.4 Å². The SMILES string of the molecule is COc1cccc2c1OC1(CCN(Cc3ccccc3)CC1)N1N=C(c3cccs3)CC21. The number of fused-ring (bicyclic) bond motifs is 4. The molecule has 1 atom stereocenters. The third-order valence-electron chi connectivity index (χ3n) is 6.90. The van der Waals surface area contributed by atoms with E-state index in [4.69, 9.17) is 14.6 Å². The lowest BCUT2D eigenvalue weighted by Crippen LogP contribution is -2.59. The first kappa shape index (κ1) is 19.8. The Kier molecular flexibility index (Phi) is 4.92. The van der Waals surface area contributed by atoms with Crippen LogP contribution in [0.2, 0.25) is 0 Å². The van der Waals surface area contributed by atoms with Crippen LogP contribution in [0.1, 0.15) is 41.3 Å². The van der Waals surface area contributed by atoms with Crippen LogP contribution in [0, 0.1) is 0 Å². The summed E-state index contributed by atoms with van der Waals surface area (Å²) in [5.41, 5.74) is 3.27. The van der Waals surface area contributed by atoms with Gasteiger partial charge in [-0.05, 0) is 23.1 Å². The lowest BCUT2D eigenvalue weighted by atomic mass is 9.91. The van der Waals surface area contributed by atoms with Gasteiger partial charge < -0.3 is 9.47 Å². The van der Waals surface area contributed by atoms with Crippen molar-refractivity contribution in [2.75, 3.05) is 20.2 Å². The molecular formula is C26H27N3O2S. The van der Waals surface area contributed by atoms with Crippen LogP contribution in [-0.2, 0) is 6.54 Å². The monoisotopic (exact) mass is 445 g/mol. The number of hydrogen-bond acceptors (Lipinski definition) is 6. The minimum atomic E-state index is -0.432. The third kappa shape index (κ3) is 3.29. The molecule has 3 aliphatic heterocycles. The number of rotatable bonds is 4. The molecule has 2 aromatic carbocycles. The van der Waals surface area contributed by atoms with Crippen LogP contribution in [0.15, 0.2) is 71.1 Å². The summed E-state index contributed by atoms with van der Waals surface area (Å²) in [7, 11) is 1.72. The van der Waals surface area contributed by atoms with Gasteiger partial charge >= 0.3 is 0 Å². The van der Waals surface area contributed by atoms with E-state index in [0.717, 1.165) is 56.1 Å². The molecule has 1 saturated heterocycles. The van der Waals surface area contributed by atoms with Crippen LogP contribution < -0.4 is 9.47 Å². The molecule has 32 heavy (non-hydrogen) atoms. The smallest absolute Gasteiger partial charge is 0.200 e. The number of hydrazone groups is 1. The summed E-state index contributed by atoms with van der Waals surface area (Å²) in [5.74, 6) is 1.72. The van der Waals surface area contributed by atoms with Gasteiger partial charge in [-0.15, -0.1) is 11.3 Å². The van der Waals surface area contributed by atoms with Gasteiger partial charge in [-0.25, -0.2) is 5.01 Å². The average Bonchev–Trinajstić information content (AvgIpc) is 3.52. The van der Waals surface area contributed by atoms with Gasteiger partial charge in [0.15, 0.2) is 11.5 Å². The molecule has 6 rings (SSSR count). The molecule has 0 bridgehead atoms. The number of methoxy groups -OCH3 is 1. The van der Waals surface area contributed by atoms with Gasteiger partial charge in [0.25, 0.3) is 0 Å². The lowest BCUT2D eigenvalue weighted by molar-refractivity contribution is -0.151. The minimum Gasteiger partial charge on any atom is -0.493 e. The van der Waals surface area contributed by atoms with Gasteiger partial charge in [-0.3, -0.25) is 4.90 Å². The normalized spacial score (nSPS) is 21.6. The lowest BCUT2D eigenvalue weighted by Gasteiger charge is -2.51. The van der Waals surface area contributed by atoms with Gasteiger partial charge in [0.1, 0.15) is 0 Å². The summed E-state index contributed by atoms with van der Waals surface area (Å²) >= 11 is 1.76. The molecule has 1 spiro atoms. The summed E-state index contributed by atoms with van der Waals surface area (Å²) in [5, 5.41) is 9.58. The average molecular weight is 446 g/mol. The number of ether oxygens (including phenoxy) is 2. The zero-order valence-electron chi connectivity index (χ0n) is 18.2. The Morgan fingerprint density at radius 3 is 2.66 bits per heavy atom. The highest BCUT2D eigenvalue weighted by atomic mass is 32.1. The minimum absolute atomic E-state index is 0.187. The molecule has 4 heterocycles. The van der Waals surface area contributed by atoms with E-state index in [2.05, 4.69) is 69.9 Å². The van der Waals surface area contributed by atoms with Gasteiger partial charge in [0.2, 0.25) is 5.72 Å². The van der Waals surface area contributed by atoms with Gasteiger partial charge in [0, 0.05) is 44.5 Å². The van der Waals surface area contributed by atoms with Gasteiger partial charge in [-0.1, -0.05) is 48.5 Å². The first-order chi connectivity index (χ1) is 15.8. The number of thiophene rings is 1. The number of nitrogens with zero attached hydrogens (tertiary/aromatic N) is 3. The number of piperidine rings is 1. The van der Waals surface area contributed by atoms with E-state index >= 15 is 0 Å². The van der Waals surface area contributed by atoms with E-state index in [1.165, 1.54) is 16.0 Å². The largest absolute Gasteiger partial charge is 0.493 e. The van der Waals surface area contributed by atoms with E-state index in [0.29, 0.717) is 0 Å². The summed E-state index contributed by atoms with van der Waals surface area (Å²) in [6, 6.07) is 21.4.